The van der Waals surface area contributed by atoms with Crippen LogP contribution in [0.2, 0.25) is 0 Å². The maximum absolute atomic E-state index is 12.1. The Labute approximate surface area is 103 Å². The van der Waals surface area contributed by atoms with Crippen LogP contribution in [0.4, 0.5) is 0 Å². The standard InChI is InChI=1S/C13H13N3O2/c1-15-11-6-8(18-3)4-5-9(11)10-7-14-16(2)13(17)12(10)15/h4-7H,1-3H3. The van der Waals surface area contributed by atoms with Gasteiger partial charge >= 0.3 is 0 Å². The van der Waals surface area contributed by atoms with Gasteiger partial charge in [-0.25, -0.2) is 4.68 Å². The van der Waals surface area contributed by atoms with Crippen molar-refractivity contribution in [1.29, 1.82) is 0 Å². The van der Waals surface area contributed by atoms with Crippen molar-refractivity contribution in [3.8, 4) is 5.75 Å². The van der Waals surface area contributed by atoms with E-state index in [2.05, 4.69) is 5.10 Å². The first-order valence-electron chi connectivity index (χ1n) is 5.62. The molecule has 18 heavy (non-hydrogen) atoms. The van der Waals surface area contributed by atoms with Crippen molar-refractivity contribution in [2.24, 2.45) is 14.1 Å². The summed E-state index contributed by atoms with van der Waals surface area (Å²) < 4.78 is 8.45. The smallest absolute Gasteiger partial charge is 0.291 e. The topological polar surface area (TPSA) is 49.1 Å². The lowest BCUT2D eigenvalue weighted by Gasteiger charge is -2.01. The lowest BCUT2D eigenvalue weighted by Crippen LogP contribution is -2.20. The minimum absolute atomic E-state index is 0.0924. The molecule has 5 heteroatoms. The van der Waals surface area contributed by atoms with Crippen LogP contribution in [0.5, 0.6) is 5.75 Å². The molecule has 1 aromatic carbocycles. The number of aryl methyl sites for hydroxylation is 2. The number of hydrogen-bond acceptors (Lipinski definition) is 3. The molecule has 0 bridgehead atoms. The van der Waals surface area contributed by atoms with Crippen molar-refractivity contribution in [3.05, 3.63) is 34.7 Å². The van der Waals surface area contributed by atoms with E-state index >= 15 is 0 Å². The van der Waals surface area contributed by atoms with Crippen LogP contribution in [-0.2, 0) is 14.1 Å². The van der Waals surface area contributed by atoms with E-state index in [-0.39, 0.29) is 5.56 Å². The van der Waals surface area contributed by atoms with Gasteiger partial charge in [0, 0.05) is 30.9 Å². The molecule has 0 aliphatic rings. The lowest BCUT2D eigenvalue weighted by molar-refractivity contribution is 0.415. The van der Waals surface area contributed by atoms with E-state index in [0.717, 1.165) is 22.0 Å². The molecule has 0 N–H and O–H groups in total. The molecule has 2 heterocycles. The van der Waals surface area contributed by atoms with Gasteiger partial charge in [0.05, 0.1) is 18.8 Å². The van der Waals surface area contributed by atoms with Crippen LogP contribution in [0.3, 0.4) is 0 Å². The maximum Gasteiger partial charge on any atom is 0.291 e. The number of nitrogens with zero attached hydrogens (tertiary/aromatic N) is 3. The Bertz CT molecular complexity index is 814. The summed E-state index contributed by atoms with van der Waals surface area (Å²) in [5.74, 6) is 0.776. The van der Waals surface area contributed by atoms with Crippen LogP contribution in [0.15, 0.2) is 29.2 Å². The number of benzene rings is 1. The van der Waals surface area contributed by atoms with Gasteiger partial charge in [-0.3, -0.25) is 4.79 Å². The van der Waals surface area contributed by atoms with Crippen molar-refractivity contribution < 1.29 is 4.74 Å². The van der Waals surface area contributed by atoms with Gasteiger partial charge in [-0.1, -0.05) is 0 Å². The summed E-state index contributed by atoms with van der Waals surface area (Å²) in [6, 6.07) is 5.77. The van der Waals surface area contributed by atoms with Crippen LogP contribution >= 0.6 is 0 Å². The molecule has 3 aromatic rings. The number of ether oxygens (including phenoxy) is 1. The molecular formula is C13H13N3O2. The first-order valence-corrected chi connectivity index (χ1v) is 5.62. The van der Waals surface area contributed by atoms with E-state index in [4.69, 9.17) is 4.74 Å². The van der Waals surface area contributed by atoms with Gasteiger partial charge in [-0.15, -0.1) is 0 Å². The fourth-order valence-corrected chi connectivity index (χ4v) is 2.31. The zero-order valence-corrected chi connectivity index (χ0v) is 10.5. The second kappa shape index (κ2) is 3.60. The van der Waals surface area contributed by atoms with Crippen LogP contribution in [-0.4, -0.2) is 21.5 Å². The summed E-state index contributed by atoms with van der Waals surface area (Å²) in [5, 5.41) is 5.96. The fourth-order valence-electron chi connectivity index (χ4n) is 2.31. The predicted octanol–water partition coefficient (Wildman–Crippen LogP) is 1.43. The van der Waals surface area contributed by atoms with Crippen molar-refractivity contribution in [2.75, 3.05) is 7.11 Å². The van der Waals surface area contributed by atoms with Gasteiger partial charge < -0.3 is 9.30 Å². The van der Waals surface area contributed by atoms with E-state index in [0.29, 0.717) is 5.52 Å². The summed E-state index contributed by atoms with van der Waals surface area (Å²) >= 11 is 0. The van der Waals surface area contributed by atoms with Crippen LogP contribution in [0.25, 0.3) is 21.8 Å². The highest BCUT2D eigenvalue weighted by atomic mass is 16.5. The Morgan fingerprint density at radius 3 is 2.72 bits per heavy atom. The second-order valence-corrected chi connectivity index (χ2v) is 4.28. The molecule has 0 fully saturated rings. The monoisotopic (exact) mass is 243 g/mol. The van der Waals surface area contributed by atoms with Gasteiger partial charge in [0.15, 0.2) is 0 Å². The molecule has 0 radical (unpaired) electrons. The van der Waals surface area contributed by atoms with E-state index in [1.165, 1.54) is 4.68 Å². The van der Waals surface area contributed by atoms with Crippen LogP contribution < -0.4 is 10.3 Å². The number of hydrogen-bond donors (Lipinski definition) is 0. The van der Waals surface area contributed by atoms with Gasteiger partial charge in [0.1, 0.15) is 11.3 Å². The summed E-state index contributed by atoms with van der Waals surface area (Å²) in [6.45, 7) is 0. The number of fused-ring (bicyclic) bond motifs is 3. The molecule has 0 atom stereocenters. The second-order valence-electron chi connectivity index (χ2n) is 4.28. The average molecular weight is 243 g/mol. The molecule has 0 aliphatic heterocycles. The van der Waals surface area contributed by atoms with Gasteiger partial charge in [0.25, 0.3) is 5.56 Å². The molecule has 3 rings (SSSR count). The third kappa shape index (κ3) is 1.27. The van der Waals surface area contributed by atoms with Crippen LogP contribution in [0.1, 0.15) is 0 Å². The van der Waals surface area contributed by atoms with Crippen molar-refractivity contribution in [2.45, 2.75) is 0 Å². The highest BCUT2D eigenvalue weighted by Crippen LogP contribution is 2.28. The predicted molar refractivity (Wildman–Crippen MR) is 70.0 cm³/mol. The van der Waals surface area contributed by atoms with Crippen LogP contribution in [0, 0.1) is 0 Å². The largest absolute Gasteiger partial charge is 0.497 e. The molecule has 0 amide bonds. The maximum atomic E-state index is 12.1. The van der Waals surface area contributed by atoms with E-state index in [9.17, 15) is 4.79 Å². The summed E-state index contributed by atoms with van der Waals surface area (Å²) in [5.41, 5.74) is 1.54. The molecular weight excluding hydrogens is 230 g/mol. The fraction of sp³-hybridized carbons (Fsp3) is 0.231. The zero-order valence-electron chi connectivity index (χ0n) is 10.5. The first-order chi connectivity index (χ1) is 8.63. The highest BCUT2D eigenvalue weighted by molar-refractivity contribution is 6.07. The third-order valence-electron chi connectivity index (χ3n) is 3.30. The molecule has 0 saturated heterocycles. The molecule has 0 saturated carbocycles. The number of aromatic nitrogens is 3. The highest BCUT2D eigenvalue weighted by Gasteiger charge is 2.13. The quantitative estimate of drug-likeness (QED) is 0.649. The Morgan fingerprint density at radius 2 is 2.00 bits per heavy atom. The van der Waals surface area contributed by atoms with E-state index < -0.39 is 0 Å². The van der Waals surface area contributed by atoms with Crippen molar-refractivity contribution in [3.63, 3.8) is 0 Å². The van der Waals surface area contributed by atoms with Crippen molar-refractivity contribution in [1.82, 2.24) is 14.3 Å². The third-order valence-corrected chi connectivity index (χ3v) is 3.30. The normalized spacial score (nSPS) is 11.3. The van der Waals surface area contributed by atoms with E-state index in [1.54, 1.807) is 20.4 Å². The summed E-state index contributed by atoms with van der Waals surface area (Å²) in [4.78, 5) is 12.1. The Morgan fingerprint density at radius 1 is 1.22 bits per heavy atom. The SMILES string of the molecule is COc1ccc2c3cnn(C)c(=O)c3n(C)c2c1. The molecule has 0 spiro atoms. The van der Waals surface area contributed by atoms with Gasteiger partial charge in [0.2, 0.25) is 0 Å². The first kappa shape index (κ1) is 10.8. The molecule has 92 valence electrons. The minimum atomic E-state index is -0.0924. The van der Waals surface area contributed by atoms with Gasteiger partial charge in [-0.2, -0.15) is 5.10 Å². The van der Waals surface area contributed by atoms with E-state index in [1.807, 2.05) is 29.8 Å². The number of methoxy groups -OCH3 is 1. The molecule has 0 aliphatic carbocycles. The molecule has 5 nitrogen and oxygen atoms in total. The molecule has 2 aromatic heterocycles. The minimum Gasteiger partial charge on any atom is -0.497 e. The summed E-state index contributed by atoms with van der Waals surface area (Å²) in [7, 11) is 5.16. The Balaban J connectivity index is 2.58. The number of rotatable bonds is 1. The average Bonchev–Trinajstić information content (AvgIpc) is 2.67. The Hall–Kier alpha value is -2.30. The molecule has 0 unspecified atom stereocenters. The zero-order chi connectivity index (χ0) is 12.9. The summed E-state index contributed by atoms with van der Waals surface area (Å²) in [6.07, 6.45) is 1.73. The van der Waals surface area contributed by atoms with Gasteiger partial charge in [-0.05, 0) is 12.1 Å². The lowest BCUT2D eigenvalue weighted by atomic mass is 10.2. The Kier molecular flexibility index (Phi) is 2.16. The van der Waals surface area contributed by atoms with Crippen molar-refractivity contribution >= 4 is 21.8 Å².